The van der Waals surface area contributed by atoms with Gasteiger partial charge in [0.25, 0.3) is 0 Å². The Morgan fingerprint density at radius 3 is 2.33 bits per heavy atom. The van der Waals surface area contributed by atoms with Crippen molar-refractivity contribution in [2.75, 3.05) is 51.7 Å². The zero-order valence-electron chi connectivity index (χ0n) is 21.9. The molecule has 4 rings (SSSR count). The summed E-state index contributed by atoms with van der Waals surface area (Å²) in [4.78, 5) is 43.7. The molecule has 9 nitrogen and oxygen atoms in total. The summed E-state index contributed by atoms with van der Waals surface area (Å²) in [7, 11) is 1.57. The summed E-state index contributed by atoms with van der Waals surface area (Å²) in [6.07, 6.45) is -4.46. The number of alkyl halides is 3. The number of carbonyl (C=O) groups is 3. The minimum absolute atomic E-state index is 0.148. The molecule has 4 amide bonds. The van der Waals surface area contributed by atoms with Crippen LogP contribution in [0.5, 0.6) is 0 Å². The van der Waals surface area contributed by atoms with Crippen LogP contribution in [0.2, 0.25) is 5.02 Å². The van der Waals surface area contributed by atoms with Gasteiger partial charge in [-0.3, -0.25) is 9.80 Å². The second-order valence-electron chi connectivity index (χ2n) is 9.31. The van der Waals surface area contributed by atoms with Crippen LogP contribution in [0, 0.1) is 0 Å². The standard InChI is InChI=1S/C27H29ClF3N5O4/c1-3-40-24(37)22-21(34(2)25(38)33-23(22)19-6-4-5-7-20(19)28)16-35-12-14-36(15-13-35)26(39)32-18-10-8-17(9-11-18)27(29,30)31/h4-11,23H,3,12-16H2,1-2H3,(H,32,39)(H,33,38)/t23-/m1/s1. The van der Waals surface area contributed by atoms with Crippen LogP contribution in [-0.2, 0) is 15.7 Å². The Labute approximate surface area is 234 Å². The van der Waals surface area contributed by atoms with E-state index in [1.807, 2.05) is 4.90 Å². The molecule has 0 spiro atoms. The van der Waals surface area contributed by atoms with Gasteiger partial charge in [0.05, 0.1) is 23.8 Å². The summed E-state index contributed by atoms with van der Waals surface area (Å²) in [5.74, 6) is -0.566. The van der Waals surface area contributed by atoms with Gasteiger partial charge in [0.2, 0.25) is 0 Å². The van der Waals surface area contributed by atoms with Crippen LogP contribution in [0.25, 0.3) is 0 Å². The molecule has 1 atom stereocenters. The van der Waals surface area contributed by atoms with Crippen LogP contribution in [0.15, 0.2) is 59.8 Å². The van der Waals surface area contributed by atoms with Crippen LogP contribution in [0.4, 0.5) is 28.4 Å². The molecule has 214 valence electrons. The molecular weight excluding hydrogens is 551 g/mol. The van der Waals surface area contributed by atoms with E-state index >= 15 is 0 Å². The number of hydrogen-bond acceptors (Lipinski definition) is 5. The van der Waals surface area contributed by atoms with E-state index in [0.717, 1.165) is 12.1 Å². The lowest BCUT2D eigenvalue weighted by molar-refractivity contribution is -0.139. The molecular formula is C27H29ClF3N5O4. The Bertz CT molecular complexity index is 1290. The monoisotopic (exact) mass is 579 g/mol. The molecule has 0 bridgehead atoms. The van der Waals surface area contributed by atoms with Crippen molar-refractivity contribution in [3.8, 4) is 0 Å². The molecule has 40 heavy (non-hydrogen) atoms. The highest BCUT2D eigenvalue weighted by Crippen LogP contribution is 2.35. The average molecular weight is 580 g/mol. The maximum absolute atomic E-state index is 13.1. The average Bonchev–Trinajstić information content (AvgIpc) is 2.91. The quantitative estimate of drug-likeness (QED) is 0.483. The predicted molar refractivity (Wildman–Crippen MR) is 143 cm³/mol. The maximum Gasteiger partial charge on any atom is 0.416 e. The third-order valence-corrected chi connectivity index (χ3v) is 7.13. The first-order chi connectivity index (χ1) is 19.0. The van der Waals surface area contributed by atoms with E-state index in [9.17, 15) is 27.6 Å². The number of halogens is 4. The highest BCUT2D eigenvalue weighted by atomic mass is 35.5. The fourth-order valence-corrected chi connectivity index (χ4v) is 4.85. The molecule has 2 aromatic carbocycles. The van der Waals surface area contributed by atoms with Crippen molar-refractivity contribution in [3.63, 3.8) is 0 Å². The number of esters is 1. The molecule has 0 aromatic heterocycles. The highest BCUT2D eigenvalue weighted by Gasteiger charge is 2.38. The number of anilines is 1. The van der Waals surface area contributed by atoms with E-state index in [2.05, 4.69) is 10.6 Å². The fourth-order valence-electron chi connectivity index (χ4n) is 4.61. The van der Waals surface area contributed by atoms with E-state index in [0.29, 0.717) is 42.5 Å². The molecule has 0 radical (unpaired) electrons. The number of nitrogens with zero attached hydrogens (tertiary/aromatic N) is 3. The Morgan fingerprint density at radius 1 is 1.07 bits per heavy atom. The molecule has 2 heterocycles. The number of rotatable bonds is 6. The summed E-state index contributed by atoms with van der Waals surface area (Å²) in [5.41, 5.74) is 0.768. The van der Waals surface area contributed by atoms with Crippen molar-refractivity contribution in [1.82, 2.24) is 20.0 Å². The number of piperazine rings is 1. The predicted octanol–water partition coefficient (Wildman–Crippen LogP) is 4.72. The first-order valence-corrected chi connectivity index (χ1v) is 13.0. The molecule has 2 aromatic rings. The number of urea groups is 2. The lowest BCUT2D eigenvalue weighted by Crippen LogP contribution is -2.53. The third kappa shape index (κ3) is 6.50. The molecule has 1 fully saturated rings. The minimum atomic E-state index is -4.46. The second kappa shape index (κ2) is 12.2. The largest absolute Gasteiger partial charge is 0.463 e. The van der Waals surface area contributed by atoms with Gasteiger partial charge in [-0.2, -0.15) is 13.2 Å². The van der Waals surface area contributed by atoms with Crippen molar-refractivity contribution in [2.45, 2.75) is 19.1 Å². The smallest absolute Gasteiger partial charge is 0.416 e. The number of nitrogens with one attached hydrogen (secondary N) is 2. The van der Waals surface area contributed by atoms with Gasteiger partial charge in [-0.25, -0.2) is 14.4 Å². The molecule has 2 aliphatic heterocycles. The maximum atomic E-state index is 13.1. The van der Waals surface area contributed by atoms with Crippen molar-refractivity contribution < 1.29 is 32.3 Å². The number of amides is 4. The Balaban J connectivity index is 1.48. The van der Waals surface area contributed by atoms with E-state index in [1.54, 1.807) is 43.1 Å². The molecule has 13 heteroatoms. The number of ether oxygens (including phenoxy) is 1. The molecule has 0 aliphatic carbocycles. The summed E-state index contributed by atoms with van der Waals surface area (Å²) in [6.45, 7) is 3.63. The van der Waals surface area contributed by atoms with Crippen molar-refractivity contribution >= 4 is 35.3 Å². The summed E-state index contributed by atoms with van der Waals surface area (Å²) in [5, 5.41) is 5.85. The zero-order chi connectivity index (χ0) is 29.0. The third-order valence-electron chi connectivity index (χ3n) is 6.78. The van der Waals surface area contributed by atoms with Crippen LogP contribution in [0.3, 0.4) is 0 Å². The SMILES string of the molecule is CCOC(=O)C1=C(CN2CCN(C(=O)Nc3ccc(C(F)(F)F)cc3)CC2)N(C)C(=O)N[C@@H]1c1ccccc1Cl. The summed E-state index contributed by atoms with van der Waals surface area (Å²) in [6, 6.07) is 9.54. The Hall–Kier alpha value is -3.77. The second-order valence-corrected chi connectivity index (χ2v) is 9.72. The number of carbonyl (C=O) groups excluding carboxylic acids is 3. The van der Waals surface area contributed by atoms with E-state index in [4.69, 9.17) is 16.3 Å². The number of hydrogen-bond donors (Lipinski definition) is 2. The topological polar surface area (TPSA) is 94.2 Å². The molecule has 2 aliphatic rings. The lowest BCUT2D eigenvalue weighted by atomic mass is 9.94. The van der Waals surface area contributed by atoms with Gasteiger partial charge in [0.1, 0.15) is 0 Å². The Kier molecular flexibility index (Phi) is 8.89. The first kappa shape index (κ1) is 29.2. The van der Waals surface area contributed by atoms with Crippen molar-refractivity contribution in [2.24, 2.45) is 0 Å². The normalized spacial score (nSPS) is 18.4. The fraction of sp³-hybridized carbons (Fsp3) is 0.370. The van der Waals surface area contributed by atoms with Crippen LogP contribution < -0.4 is 10.6 Å². The Morgan fingerprint density at radius 2 is 1.73 bits per heavy atom. The first-order valence-electron chi connectivity index (χ1n) is 12.6. The lowest BCUT2D eigenvalue weighted by Gasteiger charge is -2.39. The van der Waals surface area contributed by atoms with Crippen molar-refractivity contribution in [3.05, 3.63) is 76.0 Å². The molecule has 1 saturated heterocycles. The van der Waals surface area contributed by atoms with Gasteiger partial charge in [0.15, 0.2) is 0 Å². The minimum Gasteiger partial charge on any atom is -0.463 e. The van der Waals surface area contributed by atoms with Gasteiger partial charge >= 0.3 is 24.2 Å². The van der Waals surface area contributed by atoms with Gasteiger partial charge < -0.3 is 20.3 Å². The number of likely N-dealkylation sites (N-methyl/N-ethyl adjacent to an activating group) is 1. The molecule has 0 saturated carbocycles. The van der Waals surface area contributed by atoms with Crippen molar-refractivity contribution in [1.29, 1.82) is 0 Å². The van der Waals surface area contributed by atoms with E-state index in [1.165, 1.54) is 17.0 Å². The van der Waals surface area contributed by atoms with Gasteiger partial charge in [-0.05, 0) is 42.8 Å². The summed E-state index contributed by atoms with van der Waals surface area (Å²) < 4.78 is 43.7. The molecule has 0 unspecified atom stereocenters. The van der Waals surface area contributed by atoms with Crippen LogP contribution >= 0.6 is 11.6 Å². The van der Waals surface area contributed by atoms with Gasteiger partial charge in [0, 0.05) is 56.2 Å². The van der Waals surface area contributed by atoms with Crippen LogP contribution in [0.1, 0.15) is 24.1 Å². The summed E-state index contributed by atoms with van der Waals surface area (Å²) >= 11 is 6.42. The highest BCUT2D eigenvalue weighted by molar-refractivity contribution is 6.31. The van der Waals surface area contributed by atoms with Gasteiger partial charge in [-0.15, -0.1) is 0 Å². The number of benzene rings is 2. The van der Waals surface area contributed by atoms with E-state index < -0.39 is 35.8 Å². The van der Waals surface area contributed by atoms with Crippen LogP contribution in [-0.4, -0.2) is 79.1 Å². The van der Waals surface area contributed by atoms with E-state index in [-0.39, 0.29) is 24.4 Å². The molecule has 2 N–H and O–H groups in total. The zero-order valence-corrected chi connectivity index (χ0v) is 22.7. The van der Waals surface area contributed by atoms with Gasteiger partial charge in [-0.1, -0.05) is 29.8 Å².